The summed E-state index contributed by atoms with van der Waals surface area (Å²) in [5.74, 6) is 1.26. The van der Waals surface area contributed by atoms with Gasteiger partial charge in [-0.25, -0.2) is 0 Å². The Hall–Kier alpha value is -0.570. The second kappa shape index (κ2) is 6.55. The van der Waals surface area contributed by atoms with Gasteiger partial charge in [0.1, 0.15) is 0 Å². The van der Waals surface area contributed by atoms with Gasteiger partial charge in [0.25, 0.3) is 0 Å². The second-order valence-electron chi connectivity index (χ2n) is 5.39. The van der Waals surface area contributed by atoms with Crippen LogP contribution in [-0.4, -0.2) is 26.3 Å². The van der Waals surface area contributed by atoms with E-state index >= 15 is 0 Å². The maximum absolute atomic E-state index is 6.01. The fourth-order valence-electron chi connectivity index (χ4n) is 2.53. The van der Waals surface area contributed by atoms with Crippen molar-refractivity contribution in [2.75, 3.05) is 20.3 Å². The highest BCUT2D eigenvalue weighted by atomic mass is 35.5. The van der Waals surface area contributed by atoms with Crippen LogP contribution in [0.3, 0.4) is 0 Å². The van der Waals surface area contributed by atoms with Crippen LogP contribution in [0, 0.1) is 5.92 Å². The summed E-state index contributed by atoms with van der Waals surface area (Å²) in [4.78, 5) is 0. The molecule has 100 valence electrons. The van der Waals surface area contributed by atoms with Gasteiger partial charge in [0.15, 0.2) is 0 Å². The van der Waals surface area contributed by atoms with Crippen LogP contribution < -0.4 is 5.32 Å². The van der Waals surface area contributed by atoms with Crippen LogP contribution in [0.15, 0.2) is 24.3 Å². The third kappa shape index (κ3) is 3.71. The molecule has 18 heavy (non-hydrogen) atoms. The van der Waals surface area contributed by atoms with Gasteiger partial charge in [0.2, 0.25) is 0 Å². The summed E-state index contributed by atoms with van der Waals surface area (Å²) in [6, 6.07) is 8.91. The number of methoxy groups -OCH3 is 1. The lowest BCUT2D eigenvalue weighted by molar-refractivity contribution is 0.152. The molecule has 1 aliphatic carbocycles. The SMILES string of the molecule is COCC(C)CNC1CC(c2cccc(Cl)c2)C1. The number of halogens is 1. The third-order valence-electron chi connectivity index (χ3n) is 3.66. The maximum Gasteiger partial charge on any atom is 0.0499 e. The average Bonchev–Trinajstić information content (AvgIpc) is 2.27. The number of ether oxygens (including phenoxy) is 1. The molecule has 1 unspecified atom stereocenters. The maximum atomic E-state index is 6.01. The minimum atomic E-state index is 0.584. The minimum Gasteiger partial charge on any atom is -0.384 e. The number of hydrogen-bond acceptors (Lipinski definition) is 2. The molecular formula is C15H22ClNO. The molecule has 0 bridgehead atoms. The predicted octanol–water partition coefficient (Wildman–Crippen LogP) is 3.46. The third-order valence-corrected chi connectivity index (χ3v) is 3.90. The molecule has 1 N–H and O–H groups in total. The number of nitrogens with one attached hydrogen (secondary N) is 1. The average molecular weight is 268 g/mol. The van der Waals surface area contributed by atoms with Crippen LogP contribution in [0.2, 0.25) is 5.02 Å². The summed E-state index contributed by atoms with van der Waals surface area (Å²) in [5, 5.41) is 4.45. The van der Waals surface area contributed by atoms with Crippen molar-refractivity contribution in [3.8, 4) is 0 Å². The van der Waals surface area contributed by atoms with Gasteiger partial charge in [-0.3, -0.25) is 0 Å². The lowest BCUT2D eigenvalue weighted by Crippen LogP contribution is -2.42. The zero-order chi connectivity index (χ0) is 13.0. The van der Waals surface area contributed by atoms with E-state index in [0.717, 1.165) is 18.2 Å². The molecule has 0 radical (unpaired) electrons. The van der Waals surface area contributed by atoms with Crippen molar-refractivity contribution in [2.24, 2.45) is 5.92 Å². The summed E-state index contributed by atoms with van der Waals surface area (Å²) >= 11 is 6.01. The Morgan fingerprint density at radius 1 is 1.44 bits per heavy atom. The molecule has 0 aliphatic heterocycles. The van der Waals surface area contributed by atoms with Crippen LogP contribution in [0.1, 0.15) is 31.2 Å². The fourth-order valence-corrected chi connectivity index (χ4v) is 2.73. The van der Waals surface area contributed by atoms with E-state index in [1.54, 1.807) is 7.11 Å². The van der Waals surface area contributed by atoms with E-state index in [-0.39, 0.29) is 0 Å². The van der Waals surface area contributed by atoms with E-state index in [2.05, 4.69) is 24.4 Å². The Bertz CT molecular complexity index is 377. The lowest BCUT2D eigenvalue weighted by atomic mass is 9.76. The molecule has 3 heteroatoms. The molecule has 0 aromatic heterocycles. The number of rotatable bonds is 6. The highest BCUT2D eigenvalue weighted by molar-refractivity contribution is 6.30. The summed E-state index contributed by atoms with van der Waals surface area (Å²) in [6.45, 7) is 4.09. The van der Waals surface area contributed by atoms with Crippen LogP contribution in [0.4, 0.5) is 0 Å². The first-order valence-corrected chi connectivity index (χ1v) is 7.04. The van der Waals surface area contributed by atoms with Crippen LogP contribution in [0.25, 0.3) is 0 Å². The van der Waals surface area contributed by atoms with Crippen LogP contribution in [0.5, 0.6) is 0 Å². The second-order valence-corrected chi connectivity index (χ2v) is 5.83. The standard InChI is InChI=1S/C15H22ClNO/c1-11(10-18-2)9-17-15-7-13(8-15)12-4-3-5-14(16)6-12/h3-6,11,13,15,17H,7-10H2,1-2H3. The van der Waals surface area contributed by atoms with Gasteiger partial charge < -0.3 is 10.1 Å². The largest absolute Gasteiger partial charge is 0.384 e. The van der Waals surface area contributed by atoms with Crippen molar-refractivity contribution in [1.29, 1.82) is 0 Å². The van der Waals surface area contributed by atoms with Crippen molar-refractivity contribution < 1.29 is 4.74 Å². The van der Waals surface area contributed by atoms with Crippen molar-refractivity contribution in [3.05, 3.63) is 34.9 Å². The molecule has 0 spiro atoms. The van der Waals surface area contributed by atoms with E-state index in [0.29, 0.717) is 17.9 Å². The highest BCUT2D eigenvalue weighted by Gasteiger charge is 2.29. The van der Waals surface area contributed by atoms with E-state index in [4.69, 9.17) is 16.3 Å². The first-order chi connectivity index (χ1) is 8.69. The minimum absolute atomic E-state index is 0.584. The summed E-state index contributed by atoms with van der Waals surface area (Å²) in [7, 11) is 1.76. The van der Waals surface area contributed by atoms with Gasteiger partial charge in [0, 0.05) is 31.3 Å². The molecule has 2 nitrogen and oxygen atoms in total. The van der Waals surface area contributed by atoms with Crippen LogP contribution >= 0.6 is 11.6 Å². The monoisotopic (exact) mass is 267 g/mol. The zero-order valence-electron chi connectivity index (χ0n) is 11.2. The molecule has 1 aliphatic rings. The van der Waals surface area contributed by atoms with Gasteiger partial charge in [-0.15, -0.1) is 0 Å². The first kappa shape index (κ1) is 13.9. The molecule has 0 amide bonds. The summed E-state index contributed by atoms with van der Waals surface area (Å²) < 4.78 is 5.14. The Morgan fingerprint density at radius 3 is 2.89 bits per heavy atom. The molecule has 0 heterocycles. The van der Waals surface area contributed by atoms with Gasteiger partial charge in [-0.2, -0.15) is 0 Å². The fraction of sp³-hybridized carbons (Fsp3) is 0.600. The Labute approximate surface area is 115 Å². The molecule has 1 aromatic rings. The molecular weight excluding hydrogens is 246 g/mol. The Morgan fingerprint density at radius 2 is 2.22 bits per heavy atom. The Kier molecular flexibility index (Phi) is 5.04. The van der Waals surface area contributed by atoms with E-state index < -0.39 is 0 Å². The molecule has 1 aromatic carbocycles. The van der Waals surface area contributed by atoms with Gasteiger partial charge in [0.05, 0.1) is 0 Å². The van der Waals surface area contributed by atoms with Crippen molar-refractivity contribution in [3.63, 3.8) is 0 Å². The number of hydrogen-bond donors (Lipinski definition) is 1. The van der Waals surface area contributed by atoms with E-state index in [1.807, 2.05) is 12.1 Å². The van der Waals surface area contributed by atoms with Crippen molar-refractivity contribution in [1.82, 2.24) is 5.32 Å². The topological polar surface area (TPSA) is 21.3 Å². The normalized spacial score (nSPS) is 24.6. The van der Waals surface area contributed by atoms with E-state index in [9.17, 15) is 0 Å². The van der Waals surface area contributed by atoms with Gasteiger partial charge in [-0.1, -0.05) is 30.7 Å². The quantitative estimate of drug-likeness (QED) is 0.852. The summed E-state index contributed by atoms with van der Waals surface area (Å²) in [5.41, 5.74) is 1.38. The molecule has 1 atom stereocenters. The molecule has 0 saturated heterocycles. The predicted molar refractivity (Wildman–Crippen MR) is 76.3 cm³/mol. The van der Waals surface area contributed by atoms with Crippen LogP contribution in [-0.2, 0) is 4.74 Å². The number of benzene rings is 1. The zero-order valence-corrected chi connectivity index (χ0v) is 11.9. The molecule has 1 fully saturated rings. The first-order valence-electron chi connectivity index (χ1n) is 6.67. The molecule has 1 saturated carbocycles. The van der Waals surface area contributed by atoms with Crippen molar-refractivity contribution >= 4 is 11.6 Å². The van der Waals surface area contributed by atoms with Crippen molar-refractivity contribution in [2.45, 2.75) is 31.7 Å². The molecule has 2 rings (SSSR count). The summed E-state index contributed by atoms with van der Waals surface area (Å²) in [6.07, 6.45) is 2.44. The highest BCUT2D eigenvalue weighted by Crippen LogP contribution is 2.37. The van der Waals surface area contributed by atoms with Gasteiger partial charge >= 0.3 is 0 Å². The van der Waals surface area contributed by atoms with Gasteiger partial charge in [-0.05, 0) is 42.4 Å². The lowest BCUT2D eigenvalue weighted by Gasteiger charge is -2.37. The van der Waals surface area contributed by atoms with E-state index in [1.165, 1.54) is 18.4 Å². The smallest absolute Gasteiger partial charge is 0.0499 e. The Balaban J connectivity index is 1.71.